The second kappa shape index (κ2) is 4.24. The van der Waals surface area contributed by atoms with Gasteiger partial charge < -0.3 is 0 Å². The molecule has 0 bridgehead atoms. The third-order valence-corrected chi connectivity index (χ3v) is 3.45. The monoisotopic (exact) mass is 285 g/mol. The van der Waals surface area contributed by atoms with Crippen LogP contribution in [0.25, 0.3) is 0 Å². The lowest BCUT2D eigenvalue weighted by Gasteiger charge is -1.99. The maximum Gasteiger partial charge on any atom is 0.230 e. The fourth-order valence-corrected chi connectivity index (χ4v) is 2.37. The smallest absolute Gasteiger partial charge is 0.230 e. The van der Waals surface area contributed by atoms with Crippen molar-refractivity contribution in [1.82, 2.24) is 14.8 Å². The van der Waals surface area contributed by atoms with E-state index in [0.717, 1.165) is 3.79 Å². The Kier molecular flexibility index (Phi) is 2.97. The van der Waals surface area contributed by atoms with Gasteiger partial charge in [-0.15, -0.1) is 11.3 Å². The zero-order valence-electron chi connectivity index (χ0n) is 7.98. The summed E-state index contributed by atoms with van der Waals surface area (Å²) in [5, 5.41) is 5.77. The molecule has 6 heteroatoms. The van der Waals surface area contributed by atoms with Crippen molar-refractivity contribution >= 4 is 33.0 Å². The van der Waals surface area contributed by atoms with E-state index >= 15 is 0 Å². The number of rotatable bonds is 3. The van der Waals surface area contributed by atoms with Gasteiger partial charge in [0, 0.05) is 17.5 Å². The minimum atomic E-state index is -0.0868. The zero-order valence-corrected chi connectivity index (χ0v) is 10.4. The lowest BCUT2D eigenvalue weighted by molar-refractivity contribution is 0.102. The van der Waals surface area contributed by atoms with E-state index in [-0.39, 0.29) is 5.78 Å². The Morgan fingerprint density at radius 2 is 2.47 bits per heavy atom. The summed E-state index contributed by atoms with van der Waals surface area (Å²) in [4.78, 5) is 15.9. The highest BCUT2D eigenvalue weighted by Gasteiger charge is 2.16. The fourth-order valence-electron chi connectivity index (χ4n) is 1.23. The quantitative estimate of drug-likeness (QED) is 0.814. The number of aromatic nitrogens is 3. The molecule has 0 saturated carbocycles. The topological polar surface area (TPSA) is 47.8 Å². The number of thiophene rings is 1. The van der Waals surface area contributed by atoms with Crippen LogP contribution >= 0.6 is 27.3 Å². The number of carbonyl (C=O) groups is 1. The number of hydrogen-bond acceptors (Lipinski definition) is 4. The van der Waals surface area contributed by atoms with Crippen LogP contribution in [0.4, 0.5) is 0 Å². The zero-order chi connectivity index (χ0) is 10.8. The highest BCUT2D eigenvalue weighted by molar-refractivity contribution is 9.11. The molecule has 0 radical (unpaired) electrons. The molecule has 0 aliphatic rings. The molecule has 0 fully saturated rings. The summed E-state index contributed by atoms with van der Waals surface area (Å²) in [7, 11) is 0. The lowest BCUT2D eigenvalue weighted by Crippen LogP contribution is -2.11. The molecular formula is C9H8BrN3OS. The first-order valence-electron chi connectivity index (χ1n) is 4.39. The molecule has 15 heavy (non-hydrogen) atoms. The Morgan fingerprint density at radius 3 is 3.07 bits per heavy atom. The van der Waals surface area contributed by atoms with Crippen molar-refractivity contribution in [2.24, 2.45) is 0 Å². The van der Waals surface area contributed by atoms with Crippen molar-refractivity contribution in [3.63, 3.8) is 0 Å². The first-order valence-corrected chi connectivity index (χ1v) is 6.06. The normalized spacial score (nSPS) is 10.5. The molecule has 0 aliphatic carbocycles. The van der Waals surface area contributed by atoms with Crippen molar-refractivity contribution in [2.45, 2.75) is 13.5 Å². The molecule has 2 aromatic heterocycles. The second-order valence-corrected chi connectivity index (χ2v) is 5.16. The first kappa shape index (κ1) is 10.5. The Bertz CT molecular complexity index is 491. The number of nitrogens with zero attached hydrogens (tertiary/aromatic N) is 3. The maximum atomic E-state index is 12.0. The van der Waals surface area contributed by atoms with Gasteiger partial charge in [0.15, 0.2) is 5.82 Å². The van der Waals surface area contributed by atoms with Crippen LogP contribution < -0.4 is 0 Å². The van der Waals surface area contributed by atoms with Crippen LogP contribution in [0.2, 0.25) is 0 Å². The molecule has 2 heterocycles. The van der Waals surface area contributed by atoms with E-state index in [1.54, 1.807) is 16.1 Å². The van der Waals surface area contributed by atoms with Crippen molar-refractivity contribution in [2.75, 3.05) is 0 Å². The molecule has 0 unspecified atom stereocenters. The van der Waals surface area contributed by atoms with Crippen LogP contribution in [0, 0.1) is 0 Å². The molecule has 0 spiro atoms. The largest absolute Gasteiger partial charge is 0.285 e. The molecule has 0 aliphatic heterocycles. The molecule has 78 valence electrons. The summed E-state index contributed by atoms with van der Waals surface area (Å²) >= 11 is 4.80. The summed E-state index contributed by atoms with van der Waals surface area (Å²) in [6.07, 6.45) is 1.40. The van der Waals surface area contributed by atoms with Crippen LogP contribution in [0.5, 0.6) is 0 Å². The highest BCUT2D eigenvalue weighted by atomic mass is 79.9. The van der Waals surface area contributed by atoms with Gasteiger partial charge in [-0.25, -0.2) is 9.67 Å². The molecule has 0 saturated heterocycles. The molecule has 2 aromatic rings. The Hall–Kier alpha value is -1.01. The van der Waals surface area contributed by atoms with Gasteiger partial charge in [-0.1, -0.05) is 0 Å². The van der Waals surface area contributed by atoms with Gasteiger partial charge >= 0.3 is 0 Å². The summed E-state index contributed by atoms with van der Waals surface area (Å²) in [6, 6.07) is 1.79. The SMILES string of the molecule is CCn1ncnc1C(=O)c1csc(Br)c1. The van der Waals surface area contributed by atoms with Gasteiger partial charge in [-0.05, 0) is 28.9 Å². The van der Waals surface area contributed by atoms with Gasteiger partial charge in [-0.2, -0.15) is 5.10 Å². The van der Waals surface area contributed by atoms with Crippen LogP contribution in [0.15, 0.2) is 21.6 Å². The number of carbonyl (C=O) groups excluding carboxylic acids is 1. The summed E-state index contributed by atoms with van der Waals surface area (Å²) in [6.45, 7) is 2.57. The first-order chi connectivity index (χ1) is 7.22. The van der Waals surface area contributed by atoms with E-state index in [1.807, 2.05) is 6.92 Å². The molecule has 0 aromatic carbocycles. The van der Waals surface area contributed by atoms with Crippen molar-refractivity contribution < 1.29 is 4.79 Å². The lowest BCUT2D eigenvalue weighted by atomic mass is 10.2. The molecule has 0 amide bonds. The predicted octanol–water partition coefficient (Wildman–Crippen LogP) is 2.35. The molecule has 0 atom stereocenters. The number of hydrogen-bond donors (Lipinski definition) is 0. The van der Waals surface area contributed by atoms with Crippen LogP contribution in [0.1, 0.15) is 23.1 Å². The van der Waals surface area contributed by atoms with Gasteiger partial charge in [-0.3, -0.25) is 4.79 Å². The summed E-state index contributed by atoms with van der Waals surface area (Å²) in [5.41, 5.74) is 0.648. The van der Waals surface area contributed by atoms with Crippen molar-refractivity contribution in [1.29, 1.82) is 0 Å². The average molecular weight is 286 g/mol. The van der Waals surface area contributed by atoms with E-state index in [9.17, 15) is 4.79 Å². The second-order valence-electron chi connectivity index (χ2n) is 2.87. The summed E-state index contributed by atoms with van der Waals surface area (Å²) in [5.74, 6) is 0.305. The number of halogens is 1. The van der Waals surface area contributed by atoms with Crippen molar-refractivity contribution in [3.05, 3.63) is 32.9 Å². The van der Waals surface area contributed by atoms with Gasteiger partial charge in [0.2, 0.25) is 5.78 Å². The van der Waals surface area contributed by atoms with Gasteiger partial charge in [0.1, 0.15) is 6.33 Å². The third kappa shape index (κ3) is 2.00. The molecular weight excluding hydrogens is 278 g/mol. The predicted molar refractivity (Wildman–Crippen MR) is 61.1 cm³/mol. The van der Waals surface area contributed by atoms with Crippen LogP contribution in [0.3, 0.4) is 0 Å². The minimum Gasteiger partial charge on any atom is -0.285 e. The van der Waals surface area contributed by atoms with Crippen LogP contribution in [-0.4, -0.2) is 20.5 Å². The van der Waals surface area contributed by atoms with E-state index in [0.29, 0.717) is 17.9 Å². The highest BCUT2D eigenvalue weighted by Crippen LogP contribution is 2.22. The Morgan fingerprint density at radius 1 is 1.67 bits per heavy atom. The number of ketones is 1. The standard InChI is InChI=1S/C9H8BrN3OS/c1-2-13-9(11-5-12-13)8(14)6-3-7(10)15-4-6/h3-5H,2H2,1H3. The van der Waals surface area contributed by atoms with Crippen molar-refractivity contribution in [3.8, 4) is 0 Å². The van der Waals surface area contributed by atoms with E-state index < -0.39 is 0 Å². The summed E-state index contributed by atoms with van der Waals surface area (Å²) < 4.78 is 2.53. The van der Waals surface area contributed by atoms with Crippen LogP contribution in [-0.2, 0) is 6.54 Å². The average Bonchev–Trinajstić information content (AvgIpc) is 2.84. The van der Waals surface area contributed by atoms with Gasteiger partial charge in [0.25, 0.3) is 0 Å². The Balaban J connectivity index is 2.36. The van der Waals surface area contributed by atoms with E-state index in [1.165, 1.54) is 17.7 Å². The van der Waals surface area contributed by atoms with Gasteiger partial charge in [0.05, 0.1) is 3.79 Å². The Labute approximate surface area is 99.1 Å². The third-order valence-electron chi connectivity index (χ3n) is 1.95. The van der Waals surface area contributed by atoms with E-state index in [4.69, 9.17) is 0 Å². The minimum absolute atomic E-state index is 0.0868. The molecule has 0 N–H and O–H groups in total. The molecule has 2 rings (SSSR count). The van der Waals surface area contributed by atoms with E-state index in [2.05, 4.69) is 26.0 Å². The molecule has 4 nitrogen and oxygen atoms in total. The fraction of sp³-hybridized carbons (Fsp3) is 0.222. The number of aryl methyl sites for hydroxylation is 1. The maximum absolute atomic E-state index is 12.0.